The molecule has 0 N–H and O–H groups in total. The molecule has 0 saturated carbocycles. The summed E-state index contributed by atoms with van der Waals surface area (Å²) in [7, 11) is 0. The fraction of sp³-hybridized carbons (Fsp3) is 0.600. The van der Waals surface area contributed by atoms with Gasteiger partial charge in [-0.15, -0.1) is 16.7 Å². The lowest BCUT2D eigenvalue weighted by molar-refractivity contribution is 0.383. The Labute approximate surface area is 98.8 Å². The van der Waals surface area contributed by atoms with E-state index in [9.17, 15) is 0 Å². The first kappa shape index (κ1) is 11.3. The van der Waals surface area contributed by atoms with Crippen molar-refractivity contribution in [2.75, 3.05) is 0 Å². The van der Waals surface area contributed by atoms with E-state index in [0.717, 1.165) is 5.69 Å². The molecule has 0 saturated heterocycles. The molecule has 2 rings (SSSR count). The molecule has 2 aromatic heterocycles. The summed E-state index contributed by atoms with van der Waals surface area (Å²) in [6, 6.07) is 0. The van der Waals surface area contributed by atoms with Crippen molar-refractivity contribution in [3.05, 3.63) is 18.1 Å². The summed E-state index contributed by atoms with van der Waals surface area (Å²) in [4.78, 5) is 4.10. The Balaban J connectivity index is 2.31. The Kier molecular flexibility index (Phi) is 2.80. The van der Waals surface area contributed by atoms with Crippen molar-refractivity contribution in [1.82, 2.24) is 25.0 Å². The second kappa shape index (κ2) is 3.97. The van der Waals surface area contributed by atoms with Gasteiger partial charge in [0.15, 0.2) is 5.65 Å². The van der Waals surface area contributed by atoms with Crippen LogP contribution in [0, 0.1) is 5.41 Å². The second-order valence-corrected chi connectivity index (χ2v) is 5.41. The average Bonchev–Trinajstić information content (AvgIpc) is 2.65. The van der Waals surface area contributed by atoms with Gasteiger partial charge in [-0.05, 0) is 15.8 Å². The molecule has 0 radical (unpaired) electrons. The lowest BCUT2D eigenvalue weighted by Gasteiger charge is -2.24. The van der Waals surface area contributed by atoms with Crippen LogP contribution in [0.3, 0.4) is 0 Å². The molecule has 86 valence electrons. The van der Waals surface area contributed by atoms with Gasteiger partial charge in [0.1, 0.15) is 0 Å². The van der Waals surface area contributed by atoms with Gasteiger partial charge >= 0.3 is 0 Å². The van der Waals surface area contributed by atoms with Gasteiger partial charge in [-0.2, -0.15) is 4.52 Å². The number of fused-ring (bicyclic) bond motifs is 1. The van der Waals surface area contributed by atoms with Gasteiger partial charge in [0.2, 0.25) is 0 Å². The topological polar surface area (TPSA) is 56.0 Å². The van der Waals surface area contributed by atoms with Gasteiger partial charge < -0.3 is 0 Å². The molecular weight excluding hydrogens is 226 g/mol. The van der Waals surface area contributed by atoms with Crippen LogP contribution in [0.5, 0.6) is 0 Å². The van der Waals surface area contributed by atoms with Crippen LogP contribution in [0.4, 0.5) is 0 Å². The Bertz CT molecular complexity index is 487. The van der Waals surface area contributed by atoms with Crippen molar-refractivity contribution in [3.8, 4) is 0 Å². The maximum absolute atomic E-state index is 6.35. The zero-order chi connectivity index (χ0) is 11.8. The van der Waals surface area contributed by atoms with Gasteiger partial charge in [0.05, 0.1) is 11.9 Å². The molecule has 0 aliphatic carbocycles. The molecule has 6 heteroatoms. The van der Waals surface area contributed by atoms with Crippen LogP contribution in [0.1, 0.15) is 26.5 Å². The quantitative estimate of drug-likeness (QED) is 0.749. The van der Waals surface area contributed by atoms with Crippen LogP contribution in [-0.4, -0.2) is 30.4 Å². The fourth-order valence-electron chi connectivity index (χ4n) is 1.35. The molecule has 0 amide bonds. The fourth-order valence-corrected chi connectivity index (χ4v) is 1.51. The van der Waals surface area contributed by atoms with E-state index >= 15 is 0 Å². The largest absolute Gasteiger partial charge is 0.259 e. The molecule has 0 bridgehead atoms. The molecule has 16 heavy (non-hydrogen) atoms. The highest BCUT2D eigenvalue weighted by atomic mass is 35.5. The summed E-state index contributed by atoms with van der Waals surface area (Å²) >= 11 is 6.35. The standard InChI is InChI=1S/C10H14ClN5/c1-10(2,3)8(11)4-7-5-12-6-9-13-14-15-16(7)9/h5-6,8H,4H2,1-3H3. The number of nitrogens with zero attached hydrogens (tertiary/aromatic N) is 5. The Morgan fingerprint density at radius 3 is 2.81 bits per heavy atom. The molecular formula is C10H14ClN5. The SMILES string of the molecule is CC(C)(C)C(Cl)Cc1cncc2nnnn12. The van der Waals surface area contributed by atoms with E-state index in [1.54, 1.807) is 16.9 Å². The number of hydrogen-bond acceptors (Lipinski definition) is 4. The van der Waals surface area contributed by atoms with Crippen molar-refractivity contribution in [1.29, 1.82) is 0 Å². The number of hydrogen-bond donors (Lipinski definition) is 0. The molecule has 5 nitrogen and oxygen atoms in total. The van der Waals surface area contributed by atoms with E-state index in [1.807, 2.05) is 0 Å². The Morgan fingerprint density at radius 1 is 1.38 bits per heavy atom. The zero-order valence-corrected chi connectivity index (χ0v) is 10.3. The summed E-state index contributed by atoms with van der Waals surface area (Å²) in [6.07, 6.45) is 4.08. The van der Waals surface area contributed by atoms with Gasteiger partial charge in [-0.3, -0.25) is 4.98 Å². The first-order valence-electron chi connectivity index (χ1n) is 5.13. The molecule has 0 spiro atoms. The third kappa shape index (κ3) is 2.14. The van der Waals surface area contributed by atoms with Gasteiger partial charge in [-0.25, -0.2) is 0 Å². The van der Waals surface area contributed by atoms with Crippen molar-refractivity contribution < 1.29 is 0 Å². The first-order chi connectivity index (χ1) is 7.48. The summed E-state index contributed by atoms with van der Waals surface area (Å²) in [6.45, 7) is 6.33. The van der Waals surface area contributed by atoms with Crippen LogP contribution in [0.2, 0.25) is 0 Å². The third-order valence-corrected chi connectivity index (χ3v) is 3.32. The highest BCUT2D eigenvalue weighted by molar-refractivity contribution is 6.21. The highest BCUT2D eigenvalue weighted by Crippen LogP contribution is 2.27. The Hall–Kier alpha value is -1.23. The zero-order valence-electron chi connectivity index (χ0n) is 9.55. The summed E-state index contributed by atoms with van der Waals surface area (Å²) in [5.74, 6) is 0. The number of halogens is 1. The average molecular weight is 240 g/mol. The predicted molar refractivity (Wildman–Crippen MR) is 61.4 cm³/mol. The Morgan fingerprint density at radius 2 is 2.12 bits per heavy atom. The molecule has 2 aromatic rings. The third-order valence-electron chi connectivity index (χ3n) is 2.51. The smallest absolute Gasteiger partial charge is 0.197 e. The van der Waals surface area contributed by atoms with Crippen molar-refractivity contribution in [2.24, 2.45) is 5.41 Å². The summed E-state index contributed by atoms with van der Waals surface area (Å²) in [5.41, 5.74) is 1.62. The molecule has 0 aliphatic rings. The van der Waals surface area contributed by atoms with Gasteiger partial charge in [0, 0.05) is 18.0 Å². The van der Waals surface area contributed by atoms with Crippen molar-refractivity contribution >= 4 is 17.2 Å². The highest BCUT2D eigenvalue weighted by Gasteiger charge is 2.23. The van der Waals surface area contributed by atoms with E-state index in [2.05, 4.69) is 41.3 Å². The number of rotatable bonds is 2. The van der Waals surface area contributed by atoms with E-state index in [0.29, 0.717) is 12.1 Å². The molecule has 0 aromatic carbocycles. The molecule has 1 unspecified atom stereocenters. The maximum atomic E-state index is 6.35. The summed E-state index contributed by atoms with van der Waals surface area (Å²) < 4.78 is 1.67. The molecule has 2 heterocycles. The number of aromatic nitrogens is 5. The van der Waals surface area contributed by atoms with E-state index in [1.165, 1.54) is 0 Å². The number of alkyl halides is 1. The van der Waals surface area contributed by atoms with Gasteiger partial charge in [0.25, 0.3) is 0 Å². The minimum absolute atomic E-state index is 0.0177. The van der Waals surface area contributed by atoms with Crippen molar-refractivity contribution in [2.45, 2.75) is 32.6 Å². The summed E-state index contributed by atoms with van der Waals surface area (Å²) in [5, 5.41) is 11.4. The second-order valence-electron chi connectivity index (χ2n) is 4.89. The van der Waals surface area contributed by atoms with E-state index in [4.69, 9.17) is 11.6 Å². The van der Waals surface area contributed by atoms with Crippen LogP contribution < -0.4 is 0 Å². The lowest BCUT2D eigenvalue weighted by Crippen LogP contribution is -2.24. The van der Waals surface area contributed by atoms with Crippen LogP contribution in [-0.2, 0) is 6.42 Å². The molecule has 1 atom stereocenters. The van der Waals surface area contributed by atoms with Crippen molar-refractivity contribution in [3.63, 3.8) is 0 Å². The minimum Gasteiger partial charge on any atom is -0.259 e. The van der Waals surface area contributed by atoms with Crippen LogP contribution >= 0.6 is 11.6 Å². The molecule has 0 fully saturated rings. The minimum atomic E-state index is 0.0177. The maximum Gasteiger partial charge on any atom is 0.197 e. The van der Waals surface area contributed by atoms with Crippen LogP contribution in [0.25, 0.3) is 5.65 Å². The number of tetrazole rings is 1. The van der Waals surface area contributed by atoms with Gasteiger partial charge in [-0.1, -0.05) is 20.8 Å². The van der Waals surface area contributed by atoms with Crippen LogP contribution in [0.15, 0.2) is 12.4 Å². The normalized spacial score (nSPS) is 14.2. The molecule has 0 aliphatic heterocycles. The van der Waals surface area contributed by atoms with E-state index in [-0.39, 0.29) is 10.8 Å². The van der Waals surface area contributed by atoms with E-state index < -0.39 is 0 Å². The monoisotopic (exact) mass is 239 g/mol. The predicted octanol–water partition coefficient (Wildman–Crippen LogP) is 1.72. The lowest BCUT2D eigenvalue weighted by atomic mass is 9.89. The first-order valence-corrected chi connectivity index (χ1v) is 5.57.